The summed E-state index contributed by atoms with van der Waals surface area (Å²) in [6, 6.07) is 3.11. The van der Waals surface area contributed by atoms with Crippen LogP contribution in [0.4, 0.5) is 13.2 Å². The molecule has 0 bridgehead atoms. The minimum Gasteiger partial charge on any atom is -0.493 e. The third-order valence-electron chi connectivity index (χ3n) is 7.07. The van der Waals surface area contributed by atoms with Gasteiger partial charge in [-0.2, -0.15) is 0 Å². The van der Waals surface area contributed by atoms with Crippen LogP contribution in [0.3, 0.4) is 0 Å². The Morgan fingerprint density at radius 1 is 1.13 bits per heavy atom. The fourth-order valence-corrected chi connectivity index (χ4v) is 4.98. The highest BCUT2D eigenvalue weighted by Gasteiger charge is 2.30. The van der Waals surface area contributed by atoms with E-state index in [-0.39, 0.29) is 17.8 Å². The van der Waals surface area contributed by atoms with Crippen LogP contribution in [0.1, 0.15) is 94.6 Å². The van der Waals surface area contributed by atoms with Crippen LogP contribution in [0, 0.1) is 17.7 Å². The molecule has 0 amide bonds. The van der Waals surface area contributed by atoms with Crippen LogP contribution >= 0.6 is 0 Å². The molecule has 0 N–H and O–H groups in total. The van der Waals surface area contributed by atoms with E-state index in [9.17, 15) is 8.78 Å². The topological polar surface area (TPSA) is 18.5 Å². The summed E-state index contributed by atoms with van der Waals surface area (Å²) in [4.78, 5) is 0. The van der Waals surface area contributed by atoms with E-state index in [1.165, 1.54) is 38.2 Å². The molecule has 2 aliphatic rings. The average molecular weight is 439 g/mol. The second-order valence-electron chi connectivity index (χ2n) is 9.21. The van der Waals surface area contributed by atoms with Crippen LogP contribution < -0.4 is 4.74 Å². The lowest BCUT2D eigenvalue weighted by molar-refractivity contribution is -0.00583. The van der Waals surface area contributed by atoms with Crippen molar-refractivity contribution < 1.29 is 22.6 Å². The largest absolute Gasteiger partial charge is 0.493 e. The van der Waals surface area contributed by atoms with E-state index in [4.69, 9.17) is 9.47 Å². The predicted molar refractivity (Wildman–Crippen MR) is 118 cm³/mol. The first-order valence-electron chi connectivity index (χ1n) is 12.0. The maximum Gasteiger partial charge on any atom is 0.270 e. The standard InChI is InChI=1S/C26H37F3O2/c1-3-5-16-30-23-15-14-22(25(27)24(23)26(28)29)20-11-13-21(31-17-20)12-10-19-8-6-18(4-2)7-9-19/h4,14-15,18-21,26H,2-3,5-13,16-17H2,1H3. The van der Waals surface area contributed by atoms with Crippen LogP contribution in [-0.4, -0.2) is 19.3 Å². The molecule has 31 heavy (non-hydrogen) atoms. The van der Waals surface area contributed by atoms with Gasteiger partial charge in [0.1, 0.15) is 11.6 Å². The van der Waals surface area contributed by atoms with Crippen LogP contribution in [0.2, 0.25) is 0 Å². The smallest absolute Gasteiger partial charge is 0.270 e. The Hall–Kier alpha value is -1.49. The molecular formula is C26H37F3O2. The second kappa shape index (κ2) is 11.9. The molecule has 5 heteroatoms. The number of rotatable bonds is 10. The van der Waals surface area contributed by atoms with Crippen molar-refractivity contribution in [1.82, 2.24) is 0 Å². The van der Waals surface area contributed by atoms with Gasteiger partial charge in [-0.1, -0.05) is 25.5 Å². The van der Waals surface area contributed by atoms with Crippen LogP contribution in [0.5, 0.6) is 5.75 Å². The minimum atomic E-state index is -2.90. The Balaban J connectivity index is 1.53. The van der Waals surface area contributed by atoms with Crippen molar-refractivity contribution >= 4 is 0 Å². The van der Waals surface area contributed by atoms with Crippen molar-refractivity contribution in [3.05, 3.63) is 41.7 Å². The lowest BCUT2D eigenvalue weighted by atomic mass is 9.79. The van der Waals surface area contributed by atoms with Gasteiger partial charge in [-0.3, -0.25) is 0 Å². The molecule has 0 radical (unpaired) electrons. The number of benzene rings is 1. The second-order valence-corrected chi connectivity index (χ2v) is 9.21. The van der Waals surface area contributed by atoms with Gasteiger partial charge >= 0.3 is 0 Å². The molecule has 1 saturated carbocycles. The van der Waals surface area contributed by atoms with Crippen LogP contribution in [0.25, 0.3) is 0 Å². The monoisotopic (exact) mass is 438 g/mol. The number of allylic oxidation sites excluding steroid dienone is 1. The average Bonchev–Trinajstić information content (AvgIpc) is 2.78. The predicted octanol–water partition coefficient (Wildman–Crippen LogP) is 7.98. The molecule has 1 aliphatic heterocycles. The summed E-state index contributed by atoms with van der Waals surface area (Å²) in [5.74, 6) is 0.408. The zero-order valence-electron chi connectivity index (χ0n) is 18.8. The van der Waals surface area contributed by atoms with Gasteiger partial charge in [-0.05, 0) is 81.3 Å². The molecule has 1 heterocycles. The summed E-state index contributed by atoms with van der Waals surface area (Å²) in [6.45, 7) is 6.61. The zero-order valence-corrected chi connectivity index (χ0v) is 18.8. The van der Waals surface area contributed by atoms with Gasteiger partial charge < -0.3 is 9.47 Å². The summed E-state index contributed by atoms with van der Waals surface area (Å²) in [5.41, 5.74) is -0.273. The Morgan fingerprint density at radius 2 is 1.90 bits per heavy atom. The Labute approximate surface area is 185 Å². The van der Waals surface area contributed by atoms with Crippen molar-refractivity contribution in [3.8, 4) is 5.75 Å². The van der Waals surface area contributed by atoms with Crippen molar-refractivity contribution in [2.45, 2.75) is 89.6 Å². The van der Waals surface area contributed by atoms with Gasteiger partial charge in [0.25, 0.3) is 6.43 Å². The molecule has 2 fully saturated rings. The number of hydrogen-bond acceptors (Lipinski definition) is 2. The molecule has 2 nitrogen and oxygen atoms in total. The highest BCUT2D eigenvalue weighted by atomic mass is 19.3. The van der Waals surface area contributed by atoms with Gasteiger partial charge in [0.05, 0.1) is 24.9 Å². The molecule has 2 atom stereocenters. The molecule has 174 valence electrons. The van der Waals surface area contributed by atoms with Gasteiger partial charge in [-0.25, -0.2) is 13.2 Å². The molecule has 0 spiro atoms. The van der Waals surface area contributed by atoms with E-state index in [0.717, 1.165) is 38.0 Å². The number of halogens is 3. The number of unbranched alkanes of at least 4 members (excludes halogenated alkanes) is 1. The fraction of sp³-hybridized carbons (Fsp3) is 0.692. The Bertz CT molecular complexity index is 690. The summed E-state index contributed by atoms with van der Waals surface area (Å²) in [6.07, 6.45) is 9.86. The van der Waals surface area contributed by atoms with Crippen molar-refractivity contribution in [2.24, 2.45) is 11.8 Å². The highest BCUT2D eigenvalue weighted by molar-refractivity contribution is 5.41. The maximum atomic E-state index is 15.0. The molecule has 1 aromatic carbocycles. The van der Waals surface area contributed by atoms with E-state index >= 15 is 4.39 Å². The number of ether oxygens (including phenoxy) is 2. The van der Waals surface area contributed by atoms with Gasteiger partial charge in [0.2, 0.25) is 0 Å². The molecule has 0 aromatic heterocycles. The number of alkyl halides is 2. The zero-order chi connectivity index (χ0) is 22.2. The van der Waals surface area contributed by atoms with Crippen molar-refractivity contribution in [2.75, 3.05) is 13.2 Å². The maximum absolute atomic E-state index is 15.0. The van der Waals surface area contributed by atoms with E-state index in [2.05, 4.69) is 12.7 Å². The first-order valence-corrected chi connectivity index (χ1v) is 12.0. The Morgan fingerprint density at radius 3 is 2.52 bits per heavy atom. The third-order valence-corrected chi connectivity index (χ3v) is 7.07. The van der Waals surface area contributed by atoms with Gasteiger partial charge in [0, 0.05) is 5.92 Å². The van der Waals surface area contributed by atoms with E-state index in [0.29, 0.717) is 24.7 Å². The lowest BCUT2D eigenvalue weighted by Crippen LogP contribution is -2.26. The normalized spacial score (nSPS) is 26.7. The fourth-order valence-electron chi connectivity index (χ4n) is 4.98. The molecule has 3 rings (SSSR count). The van der Waals surface area contributed by atoms with Gasteiger partial charge in [-0.15, -0.1) is 6.58 Å². The first kappa shape index (κ1) is 24.2. The van der Waals surface area contributed by atoms with E-state index < -0.39 is 17.8 Å². The molecule has 1 saturated heterocycles. The lowest BCUT2D eigenvalue weighted by Gasteiger charge is -2.32. The quantitative estimate of drug-likeness (QED) is 0.272. The molecule has 2 unspecified atom stereocenters. The van der Waals surface area contributed by atoms with Crippen LogP contribution in [0.15, 0.2) is 24.8 Å². The summed E-state index contributed by atoms with van der Waals surface area (Å²) in [7, 11) is 0. The summed E-state index contributed by atoms with van der Waals surface area (Å²) >= 11 is 0. The summed E-state index contributed by atoms with van der Waals surface area (Å²) in [5, 5.41) is 0. The Kier molecular flexibility index (Phi) is 9.30. The van der Waals surface area contributed by atoms with Crippen molar-refractivity contribution in [1.29, 1.82) is 0 Å². The highest BCUT2D eigenvalue weighted by Crippen LogP contribution is 2.39. The summed E-state index contributed by atoms with van der Waals surface area (Å²) < 4.78 is 53.6. The van der Waals surface area contributed by atoms with Crippen LogP contribution in [-0.2, 0) is 4.74 Å². The van der Waals surface area contributed by atoms with E-state index in [1.54, 1.807) is 6.07 Å². The molecule has 1 aromatic rings. The SMILES string of the molecule is C=CC1CCC(CCC2CCC(c3ccc(OCCCC)c(C(F)F)c3F)CO2)CC1. The number of hydrogen-bond donors (Lipinski definition) is 0. The van der Waals surface area contributed by atoms with Crippen molar-refractivity contribution in [3.63, 3.8) is 0 Å². The van der Waals surface area contributed by atoms with Gasteiger partial charge in [0.15, 0.2) is 0 Å². The molecule has 1 aliphatic carbocycles. The third kappa shape index (κ3) is 6.50. The minimum absolute atomic E-state index is 0.0366. The first-order chi connectivity index (χ1) is 15.0. The molecular weight excluding hydrogens is 401 g/mol. The van der Waals surface area contributed by atoms with E-state index in [1.807, 2.05) is 6.92 Å².